The van der Waals surface area contributed by atoms with Gasteiger partial charge in [0.25, 0.3) is 0 Å². The van der Waals surface area contributed by atoms with E-state index in [1.165, 1.54) is 37.3 Å². The summed E-state index contributed by atoms with van der Waals surface area (Å²) in [4.78, 5) is 3.26. The van der Waals surface area contributed by atoms with Crippen LogP contribution in [0.4, 0.5) is 0 Å². The van der Waals surface area contributed by atoms with Gasteiger partial charge < -0.3 is 24.0 Å². The lowest BCUT2D eigenvalue weighted by atomic mass is 10.1. The summed E-state index contributed by atoms with van der Waals surface area (Å²) in [6.07, 6.45) is 0. The van der Waals surface area contributed by atoms with Crippen molar-refractivity contribution in [1.82, 2.24) is 0 Å². The van der Waals surface area contributed by atoms with Gasteiger partial charge >= 0.3 is 0 Å². The van der Waals surface area contributed by atoms with Crippen molar-refractivity contribution in [1.29, 1.82) is 0 Å². The second-order valence-corrected chi connectivity index (χ2v) is 6.83. The Bertz CT molecular complexity index is 698. The van der Waals surface area contributed by atoms with Crippen molar-refractivity contribution < 1.29 is 24.0 Å². The lowest BCUT2D eigenvalue weighted by molar-refractivity contribution is -1.02. The molecule has 1 fully saturated rings. The van der Waals surface area contributed by atoms with Crippen molar-refractivity contribution in [2.24, 2.45) is 0 Å². The molecule has 1 saturated heterocycles. The van der Waals surface area contributed by atoms with Crippen LogP contribution in [0.1, 0.15) is 11.1 Å². The largest absolute Gasteiger partial charge is 0.493 e. The molecule has 0 atom stereocenters. The number of ether oxygens (including phenoxy) is 3. The van der Waals surface area contributed by atoms with Gasteiger partial charge in [0.05, 0.1) is 26.9 Å². The van der Waals surface area contributed by atoms with Crippen molar-refractivity contribution in [3.05, 3.63) is 53.6 Å². The first-order valence-electron chi connectivity index (χ1n) is 9.24. The first kappa shape index (κ1) is 18.5. The van der Waals surface area contributed by atoms with Crippen LogP contribution in [0.2, 0.25) is 0 Å². The lowest BCUT2D eigenvalue weighted by Gasteiger charge is -2.30. The molecule has 5 heteroatoms. The molecule has 0 unspecified atom stereocenters. The quantitative estimate of drug-likeness (QED) is 0.742. The second kappa shape index (κ2) is 8.92. The van der Waals surface area contributed by atoms with Crippen LogP contribution in [0.5, 0.6) is 17.2 Å². The highest BCUT2D eigenvalue weighted by Crippen LogP contribution is 2.39. The van der Waals surface area contributed by atoms with Crippen molar-refractivity contribution in [2.75, 3.05) is 47.5 Å². The Hall–Kier alpha value is -2.24. The Morgan fingerprint density at radius 2 is 1.31 bits per heavy atom. The number of benzene rings is 2. The number of nitrogens with one attached hydrogen (secondary N) is 2. The van der Waals surface area contributed by atoms with E-state index in [0.29, 0.717) is 11.5 Å². The van der Waals surface area contributed by atoms with Crippen LogP contribution >= 0.6 is 0 Å². The molecule has 2 aromatic carbocycles. The van der Waals surface area contributed by atoms with Gasteiger partial charge in [-0.05, 0) is 12.1 Å². The van der Waals surface area contributed by atoms with Crippen molar-refractivity contribution in [3.63, 3.8) is 0 Å². The third-order valence-corrected chi connectivity index (χ3v) is 5.19. The maximum absolute atomic E-state index is 5.63. The Labute approximate surface area is 156 Å². The first-order chi connectivity index (χ1) is 12.7. The van der Waals surface area contributed by atoms with Crippen LogP contribution in [0.3, 0.4) is 0 Å². The van der Waals surface area contributed by atoms with Gasteiger partial charge in [-0.25, -0.2) is 0 Å². The highest BCUT2D eigenvalue weighted by atomic mass is 16.5. The van der Waals surface area contributed by atoms with E-state index in [4.69, 9.17) is 14.2 Å². The molecule has 0 amide bonds. The maximum atomic E-state index is 5.63. The predicted octanol–water partition coefficient (Wildman–Crippen LogP) is 0.196. The van der Waals surface area contributed by atoms with Crippen LogP contribution in [-0.4, -0.2) is 47.5 Å². The van der Waals surface area contributed by atoms with Gasteiger partial charge in [-0.2, -0.15) is 0 Å². The molecular formula is C21H30N2O3+2. The van der Waals surface area contributed by atoms with Gasteiger partial charge in [0, 0.05) is 5.56 Å². The number of piperazine rings is 1. The zero-order chi connectivity index (χ0) is 18.4. The van der Waals surface area contributed by atoms with Crippen LogP contribution in [0.15, 0.2) is 42.5 Å². The number of quaternary nitrogens is 2. The number of hydrogen-bond acceptors (Lipinski definition) is 3. The molecule has 0 aliphatic carbocycles. The second-order valence-electron chi connectivity index (χ2n) is 6.83. The van der Waals surface area contributed by atoms with Crippen LogP contribution in [-0.2, 0) is 13.1 Å². The Balaban J connectivity index is 1.61. The number of hydrogen-bond donors (Lipinski definition) is 2. The van der Waals surface area contributed by atoms with Crippen molar-refractivity contribution in [3.8, 4) is 17.2 Å². The summed E-state index contributed by atoms with van der Waals surface area (Å²) >= 11 is 0. The van der Waals surface area contributed by atoms with Gasteiger partial charge in [0.2, 0.25) is 5.75 Å². The van der Waals surface area contributed by atoms with E-state index in [2.05, 4.69) is 36.4 Å². The molecular weight excluding hydrogens is 328 g/mol. The third kappa shape index (κ3) is 4.29. The molecule has 0 radical (unpaired) electrons. The summed E-state index contributed by atoms with van der Waals surface area (Å²) in [5, 5.41) is 0. The first-order valence-corrected chi connectivity index (χ1v) is 9.24. The van der Waals surface area contributed by atoms with E-state index >= 15 is 0 Å². The smallest absolute Gasteiger partial charge is 0.203 e. The molecule has 140 valence electrons. The predicted molar refractivity (Wildman–Crippen MR) is 101 cm³/mol. The average molecular weight is 358 g/mol. The fraction of sp³-hybridized carbons (Fsp3) is 0.429. The zero-order valence-electron chi connectivity index (χ0n) is 16.0. The van der Waals surface area contributed by atoms with E-state index in [0.717, 1.165) is 18.8 Å². The highest BCUT2D eigenvalue weighted by molar-refractivity contribution is 5.55. The van der Waals surface area contributed by atoms with Gasteiger partial charge in [-0.1, -0.05) is 30.3 Å². The average Bonchev–Trinajstić information content (AvgIpc) is 2.69. The maximum Gasteiger partial charge on any atom is 0.203 e. The molecule has 0 aromatic heterocycles. The highest BCUT2D eigenvalue weighted by Gasteiger charge is 2.25. The molecule has 2 aromatic rings. The Kier molecular flexibility index (Phi) is 6.36. The summed E-state index contributed by atoms with van der Waals surface area (Å²) in [6, 6.07) is 14.8. The summed E-state index contributed by atoms with van der Waals surface area (Å²) in [5.41, 5.74) is 2.60. The van der Waals surface area contributed by atoms with E-state index in [1.54, 1.807) is 31.1 Å². The third-order valence-electron chi connectivity index (χ3n) is 5.19. The molecule has 3 rings (SSSR count). The van der Waals surface area contributed by atoms with E-state index < -0.39 is 0 Å². The summed E-state index contributed by atoms with van der Waals surface area (Å²) in [6.45, 7) is 6.79. The molecule has 0 saturated carbocycles. The molecule has 2 N–H and O–H groups in total. The summed E-state index contributed by atoms with van der Waals surface area (Å²) in [5.74, 6) is 2.18. The van der Waals surface area contributed by atoms with E-state index in [1.807, 2.05) is 6.07 Å². The Morgan fingerprint density at radius 3 is 1.88 bits per heavy atom. The molecule has 0 bridgehead atoms. The standard InChI is InChI=1S/C21H28N2O3/c1-24-19-10-9-18(20(25-2)21(19)26-3)16-23-13-11-22(12-14-23)15-17-7-5-4-6-8-17/h4-10H,11-16H2,1-3H3/p+2. The minimum Gasteiger partial charge on any atom is -0.493 e. The van der Waals surface area contributed by atoms with Gasteiger partial charge in [-0.3, -0.25) is 0 Å². The van der Waals surface area contributed by atoms with Crippen LogP contribution in [0.25, 0.3) is 0 Å². The molecule has 26 heavy (non-hydrogen) atoms. The summed E-state index contributed by atoms with van der Waals surface area (Å²) < 4.78 is 16.5. The van der Waals surface area contributed by atoms with E-state index in [9.17, 15) is 0 Å². The summed E-state index contributed by atoms with van der Waals surface area (Å²) in [7, 11) is 5.00. The minimum absolute atomic E-state index is 0.681. The molecule has 0 spiro atoms. The SMILES string of the molecule is COc1ccc(C[NH+]2CC[NH+](Cc3ccccc3)CC2)c(OC)c1OC. The topological polar surface area (TPSA) is 36.6 Å². The molecule has 1 heterocycles. The normalized spacial score (nSPS) is 19.8. The van der Waals surface area contributed by atoms with Crippen LogP contribution in [0, 0.1) is 0 Å². The van der Waals surface area contributed by atoms with Gasteiger partial charge in [0.1, 0.15) is 39.3 Å². The number of methoxy groups -OCH3 is 3. The number of rotatable bonds is 7. The van der Waals surface area contributed by atoms with E-state index in [-0.39, 0.29) is 0 Å². The molecule has 1 aliphatic rings. The molecule has 1 aliphatic heterocycles. The Morgan fingerprint density at radius 1 is 0.692 bits per heavy atom. The van der Waals surface area contributed by atoms with Crippen LogP contribution < -0.4 is 24.0 Å². The minimum atomic E-state index is 0.681. The van der Waals surface area contributed by atoms with Crippen molar-refractivity contribution >= 4 is 0 Å². The van der Waals surface area contributed by atoms with Gasteiger partial charge in [0.15, 0.2) is 11.5 Å². The monoisotopic (exact) mass is 358 g/mol. The fourth-order valence-corrected chi connectivity index (χ4v) is 3.77. The molecule has 5 nitrogen and oxygen atoms in total. The fourth-order valence-electron chi connectivity index (χ4n) is 3.77. The van der Waals surface area contributed by atoms with Gasteiger partial charge in [-0.15, -0.1) is 0 Å². The zero-order valence-corrected chi connectivity index (χ0v) is 16.0. The van der Waals surface area contributed by atoms with Crippen molar-refractivity contribution in [2.45, 2.75) is 13.1 Å². The lowest BCUT2D eigenvalue weighted by Crippen LogP contribution is -3.27.